The first-order chi connectivity index (χ1) is 12.1. The summed E-state index contributed by atoms with van der Waals surface area (Å²) in [6, 6.07) is 11.7. The molecule has 0 bridgehead atoms. The average Bonchev–Trinajstić information content (AvgIpc) is 2.60. The van der Waals surface area contributed by atoms with Gasteiger partial charge < -0.3 is 15.4 Å². The second-order valence-corrected chi connectivity index (χ2v) is 5.89. The molecule has 1 aliphatic rings. The Bertz CT molecular complexity index is 792. The molecule has 5 nitrogen and oxygen atoms in total. The third kappa shape index (κ3) is 4.79. The summed E-state index contributed by atoms with van der Waals surface area (Å²) in [6.07, 6.45) is 1.68. The molecule has 2 aromatic carbocycles. The van der Waals surface area contributed by atoms with Gasteiger partial charge in [0.05, 0.1) is 0 Å². The van der Waals surface area contributed by atoms with Crippen LogP contribution in [0.4, 0.5) is 10.1 Å². The number of ether oxygens (including phenoxy) is 1. The van der Waals surface area contributed by atoms with Gasteiger partial charge in [0.1, 0.15) is 11.6 Å². The molecule has 0 saturated heterocycles. The van der Waals surface area contributed by atoms with Gasteiger partial charge in [0.25, 0.3) is 5.91 Å². The Morgan fingerprint density at radius 1 is 1.20 bits per heavy atom. The zero-order valence-corrected chi connectivity index (χ0v) is 13.7. The molecule has 0 aromatic heterocycles. The van der Waals surface area contributed by atoms with Crippen LogP contribution in [-0.4, -0.2) is 25.0 Å². The van der Waals surface area contributed by atoms with Gasteiger partial charge in [0, 0.05) is 18.7 Å². The Labute approximate surface area is 145 Å². The fourth-order valence-corrected chi connectivity index (χ4v) is 2.69. The molecule has 3 rings (SSSR count). The number of aryl methyl sites for hydroxylation is 1. The van der Waals surface area contributed by atoms with Crippen LogP contribution in [0.2, 0.25) is 0 Å². The van der Waals surface area contributed by atoms with Crippen LogP contribution in [0.3, 0.4) is 0 Å². The Balaban J connectivity index is 1.44. The molecule has 1 aliphatic heterocycles. The predicted molar refractivity (Wildman–Crippen MR) is 92.0 cm³/mol. The lowest BCUT2D eigenvalue weighted by Gasteiger charge is -2.17. The van der Waals surface area contributed by atoms with Crippen LogP contribution in [0.25, 0.3) is 0 Å². The van der Waals surface area contributed by atoms with Gasteiger partial charge in [-0.15, -0.1) is 0 Å². The quantitative estimate of drug-likeness (QED) is 0.847. The van der Waals surface area contributed by atoms with Crippen LogP contribution in [0, 0.1) is 5.82 Å². The molecular weight excluding hydrogens is 323 g/mol. The zero-order valence-electron chi connectivity index (χ0n) is 13.7. The molecule has 0 atom stereocenters. The standard InChI is InChI=1S/C19H19FN2O3/c20-15-3-1-2-13(10-15)8-9-21-19(24)12-25-16-5-6-17-14(11-16)4-7-18(23)22-17/h1-3,5-6,10-11H,4,7-9,12H2,(H,21,24)(H,22,23). The maximum Gasteiger partial charge on any atom is 0.257 e. The molecule has 130 valence electrons. The number of carbonyl (C=O) groups is 2. The molecule has 1 heterocycles. The van der Waals surface area contributed by atoms with E-state index in [1.807, 2.05) is 12.1 Å². The highest BCUT2D eigenvalue weighted by Crippen LogP contribution is 2.26. The molecule has 0 spiro atoms. The van der Waals surface area contributed by atoms with E-state index in [4.69, 9.17) is 4.74 Å². The summed E-state index contributed by atoms with van der Waals surface area (Å²) < 4.78 is 18.6. The second kappa shape index (κ2) is 7.79. The van der Waals surface area contributed by atoms with Gasteiger partial charge in [-0.3, -0.25) is 9.59 Å². The largest absolute Gasteiger partial charge is 0.484 e. The summed E-state index contributed by atoms with van der Waals surface area (Å²) in [5, 5.41) is 5.54. The van der Waals surface area contributed by atoms with Gasteiger partial charge in [0.15, 0.2) is 6.61 Å². The van der Waals surface area contributed by atoms with E-state index < -0.39 is 0 Å². The van der Waals surface area contributed by atoms with Gasteiger partial charge in [-0.1, -0.05) is 12.1 Å². The average molecular weight is 342 g/mol. The Morgan fingerprint density at radius 2 is 2.08 bits per heavy atom. The van der Waals surface area contributed by atoms with Crippen LogP contribution < -0.4 is 15.4 Å². The first kappa shape index (κ1) is 17.0. The number of benzene rings is 2. The third-order valence-corrected chi connectivity index (χ3v) is 3.97. The monoisotopic (exact) mass is 342 g/mol. The topological polar surface area (TPSA) is 67.4 Å². The van der Waals surface area contributed by atoms with E-state index >= 15 is 0 Å². The summed E-state index contributed by atoms with van der Waals surface area (Å²) >= 11 is 0. The smallest absolute Gasteiger partial charge is 0.257 e. The number of hydrogen-bond donors (Lipinski definition) is 2. The molecule has 0 aliphatic carbocycles. The minimum atomic E-state index is -0.282. The van der Waals surface area contributed by atoms with Crippen molar-refractivity contribution in [2.24, 2.45) is 0 Å². The van der Waals surface area contributed by atoms with Gasteiger partial charge >= 0.3 is 0 Å². The molecule has 2 amide bonds. The normalized spacial score (nSPS) is 12.9. The zero-order chi connectivity index (χ0) is 17.6. The number of rotatable bonds is 6. The number of amides is 2. The first-order valence-corrected chi connectivity index (χ1v) is 8.17. The SMILES string of the molecule is O=C(COc1ccc2c(c1)CCC(=O)N2)NCCc1cccc(F)c1. The summed E-state index contributed by atoms with van der Waals surface area (Å²) in [5.74, 6) is 0.0900. The number of halogens is 1. The highest BCUT2D eigenvalue weighted by molar-refractivity contribution is 5.94. The maximum atomic E-state index is 13.1. The highest BCUT2D eigenvalue weighted by Gasteiger charge is 2.15. The van der Waals surface area contributed by atoms with Crippen molar-refractivity contribution < 1.29 is 18.7 Å². The van der Waals surface area contributed by atoms with E-state index in [0.717, 1.165) is 16.8 Å². The molecule has 2 N–H and O–H groups in total. The number of hydrogen-bond acceptors (Lipinski definition) is 3. The Morgan fingerprint density at radius 3 is 2.92 bits per heavy atom. The van der Waals surface area contributed by atoms with Crippen LogP contribution in [0.1, 0.15) is 17.5 Å². The van der Waals surface area contributed by atoms with Crippen molar-refractivity contribution in [3.05, 3.63) is 59.4 Å². The summed E-state index contributed by atoms with van der Waals surface area (Å²) in [6.45, 7) is 0.330. The van der Waals surface area contributed by atoms with Crippen molar-refractivity contribution in [1.29, 1.82) is 0 Å². The maximum absolute atomic E-state index is 13.1. The summed E-state index contributed by atoms with van der Waals surface area (Å²) in [7, 11) is 0. The van der Waals surface area contributed by atoms with Crippen molar-refractivity contribution in [3.63, 3.8) is 0 Å². The van der Waals surface area contributed by atoms with Crippen LogP contribution in [0.5, 0.6) is 5.75 Å². The predicted octanol–water partition coefficient (Wildman–Crippen LogP) is 2.45. The highest BCUT2D eigenvalue weighted by atomic mass is 19.1. The third-order valence-electron chi connectivity index (χ3n) is 3.97. The van der Waals surface area contributed by atoms with Crippen molar-refractivity contribution in [2.75, 3.05) is 18.5 Å². The minimum Gasteiger partial charge on any atom is -0.484 e. The second-order valence-electron chi connectivity index (χ2n) is 5.89. The fraction of sp³-hybridized carbons (Fsp3) is 0.263. The number of nitrogens with one attached hydrogen (secondary N) is 2. The number of fused-ring (bicyclic) bond motifs is 1. The van der Waals surface area contributed by atoms with Crippen LogP contribution in [-0.2, 0) is 22.4 Å². The lowest BCUT2D eigenvalue weighted by molar-refractivity contribution is -0.123. The lowest BCUT2D eigenvalue weighted by atomic mass is 10.0. The molecule has 0 unspecified atom stereocenters. The molecule has 0 saturated carbocycles. The van der Waals surface area contributed by atoms with Crippen LogP contribution >= 0.6 is 0 Å². The fourth-order valence-electron chi connectivity index (χ4n) is 2.69. The van der Waals surface area contributed by atoms with Gasteiger partial charge in [-0.25, -0.2) is 4.39 Å². The molecule has 25 heavy (non-hydrogen) atoms. The molecule has 6 heteroatoms. The minimum absolute atomic E-state index is 0.0128. The van der Waals surface area contributed by atoms with Crippen molar-refractivity contribution in [2.45, 2.75) is 19.3 Å². The van der Waals surface area contributed by atoms with Crippen molar-refractivity contribution in [3.8, 4) is 5.75 Å². The van der Waals surface area contributed by atoms with Gasteiger partial charge in [0.2, 0.25) is 5.91 Å². The van der Waals surface area contributed by atoms with E-state index in [9.17, 15) is 14.0 Å². The molecule has 0 fully saturated rings. The van der Waals surface area contributed by atoms with Crippen LogP contribution in [0.15, 0.2) is 42.5 Å². The number of anilines is 1. The number of carbonyl (C=O) groups excluding carboxylic acids is 2. The van der Waals surface area contributed by atoms with Crippen molar-refractivity contribution >= 4 is 17.5 Å². The van der Waals surface area contributed by atoms with E-state index in [-0.39, 0.29) is 24.2 Å². The lowest BCUT2D eigenvalue weighted by Crippen LogP contribution is -2.30. The van der Waals surface area contributed by atoms with Crippen molar-refractivity contribution in [1.82, 2.24) is 5.32 Å². The molecular formula is C19H19FN2O3. The van der Waals surface area contributed by atoms with E-state index in [0.29, 0.717) is 31.6 Å². The Hall–Kier alpha value is -2.89. The molecule has 0 radical (unpaired) electrons. The summed E-state index contributed by atoms with van der Waals surface area (Å²) in [4.78, 5) is 23.2. The van der Waals surface area contributed by atoms with E-state index in [1.165, 1.54) is 12.1 Å². The summed E-state index contributed by atoms with van der Waals surface area (Å²) in [5.41, 5.74) is 2.63. The molecule has 2 aromatic rings. The van der Waals surface area contributed by atoms with E-state index in [2.05, 4.69) is 10.6 Å². The van der Waals surface area contributed by atoms with Gasteiger partial charge in [-0.05, 0) is 54.3 Å². The van der Waals surface area contributed by atoms with E-state index in [1.54, 1.807) is 18.2 Å². The van der Waals surface area contributed by atoms with Gasteiger partial charge in [-0.2, -0.15) is 0 Å². The Kier molecular flexibility index (Phi) is 5.28. The first-order valence-electron chi connectivity index (χ1n) is 8.17.